The minimum Gasteiger partial charge on any atom is -0.381 e. The summed E-state index contributed by atoms with van der Waals surface area (Å²) < 4.78 is 13.5. The molecule has 0 aliphatic carbocycles. The number of halogens is 2. The minimum absolute atomic E-state index is 0.0283. The first-order chi connectivity index (χ1) is 6.63. The van der Waals surface area contributed by atoms with Gasteiger partial charge >= 0.3 is 0 Å². The number of nitrogens with one attached hydrogen (secondary N) is 1. The van der Waals surface area contributed by atoms with Gasteiger partial charge in [0.15, 0.2) is 0 Å². The summed E-state index contributed by atoms with van der Waals surface area (Å²) in [5, 5.41) is 11.5. The molecule has 0 bridgehead atoms. The third-order valence-corrected chi connectivity index (χ3v) is 2.37. The highest BCUT2D eigenvalue weighted by molar-refractivity contribution is 9.10. The molecule has 0 aliphatic heterocycles. The van der Waals surface area contributed by atoms with E-state index in [4.69, 9.17) is 5.26 Å². The summed E-state index contributed by atoms with van der Waals surface area (Å²) in [6.45, 7) is 1.88. The Morgan fingerprint density at radius 1 is 1.64 bits per heavy atom. The van der Waals surface area contributed by atoms with Gasteiger partial charge in [-0.05, 0) is 41.1 Å². The second-order valence-corrected chi connectivity index (χ2v) is 3.89. The van der Waals surface area contributed by atoms with Gasteiger partial charge < -0.3 is 5.32 Å². The zero-order valence-corrected chi connectivity index (χ0v) is 9.31. The number of nitriles is 1. The lowest BCUT2D eigenvalue weighted by Gasteiger charge is -2.11. The molecule has 0 amide bonds. The molecule has 1 N–H and O–H groups in total. The lowest BCUT2D eigenvalue weighted by molar-refractivity contribution is 0.621. The van der Waals surface area contributed by atoms with Gasteiger partial charge in [0.25, 0.3) is 0 Å². The van der Waals surface area contributed by atoms with Gasteiger partial charge in [-0.15, -0.1) is 0 Å². The molecular weight excluding hydrogens is 247 g/mol. The van der Waals surface area contributed by atoms with Gasteiger partial charge in [0.05, 0.1) is 17.0 Å². The van der Waals surface area contributed by atoms with E-state index >= 15 is 0 Å². The van der Waals surface area contributed by atoms with Gasteiger partial charge in [-0.25, -0.2) is 4.39 Å². The third-order valence-electron chi connectivity index (χ3n) is 1.73. The molecule has 2 nitrogen and oxygen atoms in total. The van der Waals surface area contributed by atoms with E-state index in [1.165, 1.54) is 6.07 Å². The SMILES string of the molecule is CC(CC#N)Nc1ccc(Br)c(F)c1. The van der Waals surface area contributed by atoms with Crippen molar-refractivity contribution in [3.63, 3.8) is 0 Å². The highest BCUT2D eigenvalue weighted by atomic mass is 79.9. The minimum atomic E-state index is -0.306. The predicted molar refractivity (Wildman–Crippen MR) is 57.4 cm³/mol. The van der Waals surface area contributed by atoms with Gasteiger partial charge in [-0.3, -0.25) is 0 Å². The molecule has 74 valence electrons. The van der Waals surface area contributed by atoms with Crippen molar-refractivity contribution in [3.8, 4) is 6.07 Å². The molecular formula is C10H10BrFN2. The molecule has 14 heavy (non-hydrogen) atoms. The van der Waals surface area contributed by atoms with Crippen LogP contribution in [-0.4, -0.2) is 6.04 Å². The van der Waals surface area contributed by atoms with Crippen molar-refractivity contribution in [1.82, 2.24) is 0 Å². The van der Waals surface area contributed by atoms with Crippen molar-refractivity contribution >= 4 is 21.6 Å². The molecule has 0 fully saturated rings. The Kier molecular flexibility index (Phi) is 3.90. The fraction of sp³-hybridized carbons (Fsp3) is 0.300. The molecule has 0 radical (unpaired) electrons. The van der Waals surface area contributed by atoms with Crippen LogP contribution in [0.2, 0.25) is 0 Å². The molecule has 1 aromatic rings. The van der Waals surface area contributed by atoms with E-state index in [1.807, 2.05) is 13.0 Å². The summed E-state index contributed by atoms with van der Waals surface area (Å²) in [7, 11) is 0. The lowest BCUT2D eigenvalue weighted by atomic mass is 10.2. The fourth-order valence-corrected chi connectivity index (χ4v) is 1.31. The summed E-state index contributed by atoms with van der Waals surface area (Å²) >= 11 is 3.07. The van der Waals surface area contributed by atoms with E-state index in [0.717, 1.165) is 0 Å². The molecule has 0 aliphatic rings. The molecule has 4 heteroatoms. The van der Waals surface area contributed by atoms with E-state index in [9.17, 15) is 4.39 Å². The third kappa shape index (κ3) is 3.00. The summed E-state index contributed by atoms with van der Waals surface area (Å²) in [5.74, 6) is -0.306. The number of benzene rings is 1. The Morgan fingerprint density at radius 3 is 2.93 bits per heavy atom. The maximum atomic E-state index is 13.1. The topological polar surface area (TPSA) is 35.8 Å². The van der Waals surface area contributed by atoms with Gasteiger partial charge in [0.1, 0.15) is 5.82 Å². The van der Waals surface area contributed by atoms with Crippen molar-refractivity contribution in [3.05, 3.63) is 28.5 Å². The fourth-order valence-electron chi connectivity index (χ4n) is 1.06. The first-order valence-corrected chi connectivity index (χ1v) is 5.01. The maximum Gasteiger partial charge on any atom is 0.139 e. The van der Waals surface area contributed by atoms with Crippen LogP contribution in [0, 0.1) is 17.1 Å². The number of hydrogen-bond acceptors (Lipinski definition) is 2. The number of nitrogens with zero attached hydrogens (tertiary/aromatic N) is 1. The first-order valence-electron chi connectivity index (χ1n) is 4.22. The number of hydrogen-bond donors (Lipinski definition) is 1. The Labute approximate surface area is 90.9 Å². The normalized spacial score (nSPS) is 11.9. The van der Waals surface area contributed by atoms with Crippen LogP contribution in [0.3, 0.4) is 0 Å². The van der Waals surface area contributed by atoms with Crippen LogP contribution in [0.15, 0.2) is 22.7 Å². The van der Waals surface area contributed by atoms with Crippen LogP contribution in [0.25, 0.3) is 0 Å². The Bertz CT molecular complexity index is 360. The zero-order valence-electron chi connectivity index (χ0n) is 7.72. The largest absolute Gasteiger partial charge is 0.381 e. The quantitative estimate of drug-likeness (QED) is 0.901. The smallest absolute Gasteiger partial charge is 0.139 e. The second-order valence-electron chi connectivity index (χ2n) is 3.04. The highest BCUT2D eigenvalue weighted by Crippen LogP contribution is 2.19. The van der Waals surface area contributed by atoms with Gasteiger partial charge in [0.2, 0.25) is 0 Å². The molecule has 0 aromatic heterocycles. The molecule has 0 heterocycles. The molecule has 1 aromatic carbocycles. The van der Waals surface area contributed by atoms with Crippen LogP contribution in [0.1, 0.15) is 13.3 Å². The molecule has 1 atom stereocenters. The standard InChI is InChI=1S/C10H10BrFN2/c1-7(4-5-13)14-8-2-3-9(11)10(12)6-8/h2-3,6-7,14H,4H2,1H3. The predicted octanol–water partition coefficient (Wildman–Crippen LogP) is 3.30. The van der Waals surface area contributed by atoms with Crippen molar-refractivity contribution in [2.75, 3.05) is 5.32 Å². The van der Waals surface area contributed by atoms with Crippen molar-refractivity contribution in [2.45, 2.75) is 19.4 Å². The van der Waals surface area contributed by atoms with E-state index in [2.05, 4.69) is 21.2 Å². The molecule has 0 spiro atoms. The summed E-state index contributed by atoms with van der Waals surface area (Å²) in [6.07, 6.45) is 0.400. The number of anilines is 1. The van der Waals surface area contributed by atoms with Gasteiger partial charge in [-0.2, -0.15) is 5.26 Å². The lowest BCUT2D eigenvalue weighted by Crippen LogP contribution is -2.13. The second kappa shape index (κ2) is 4.97. The van der Waals surface area contributed by atoms with Crippen LogP contribution < -0.4 is 5.32 Å². The van der Waals surface area contributed by atoms with E-state index < -0.39 is 0 Å². The highest BCUT2D eigenvalue weighted by Gasteiger charge is 2.03. The maximum absolute atomic E-state index is 13.1. The molecule has 0 saturated heterocycles. The zero-order chi connectivity index (χ0) is 10.6. The first kappa shape index (κ1) is 11.0. The van der Waals surface area contributed by atoms with Crippen molar-refractivity contribution in [2.24, 2.45) is 0 Å². The molecule has 1 rings (SSSR count). The monoisotopic (exact) mass is 256 g/mol. The average Bonchev–Trinajstić information content (AvgIpc) is 2.12. The number of rotatable bonds is 3. The van der Waals surface area contributed by atoms with E-state index in [1.54, 1.807) is 12.1 Å². The average molecular weight is 257 g/mol. The van der Waals surface area contributed by atoms with Crippen molar-refractivity contribution in [1.29, 1.82) is 5.26 Å². The summed E-state index contributed by atoms with van der Waals surface area (Å²) in [5.41, 5.74) is 0.688. The van der Waals surface area contributed by atoms with Crippen LogP contribution in [-0.2, 0) is 0 Å². The van der Waals surface area contributed by atoms with E-state index in [-0.39, 0.29) is 11.9 Å². The molecule has 0 saturated carbocycles. The summed E-state index contributed by atoms with van der Waals surface area (Å²) in [4.78, 5) is 0. The molecule has 1 unspecified atom stereocenters. The Morgan fingerprint density at radius 2 is 2.36 bits per heavy atom. The Balaban J connectivity index is 2.69. The van der Waals surface area contributed by atoms with Crippen LogP contribution >= 0.6 is 15.9 Å². The Hall–Kier alpha value is -1.08. The van der Waals surface area contributed by atoms with Crippen LogP contribution in [0.4, 0.5) is 10.1 Å². The van der Waals surface area contributed by atoms with Gasteiger partial charge in [-0.1, -0.05) is 0 Å². The van der Waals surface area contributed by atoms with E-state index in [0.29, 0.717) is 16.6 Å². The summed E-state index contributed by atoms with van der Waals surface area (Å²) in [6, 6.07) is 6.88. The van der Waals surface area contributed by atoms with Crippen molar-refractivity contribution < 1.29 is 4.39 Å². The van der Waals surface area contributed by atoms with Crippen LogP contribution in [0.5, 0.6) is 0 Å². The van der Waals surface area contributed by atoms with Gasteiger partial charge in [0, 0.05) is 11.7 Å².